The number of amides is 1. The van der Waals surface area contributed by atoms with E-state index in [9.17, 15) is 9.18 Å². The monoisotopic (exact) mass is 385 g/mol. The molecule has 3 rings (SSSR count). The number of rotatable bonds is 7. The third-order valence-corrected chi connectivity index (χ3v) is 4.83. The van der Waals surface area contributed by atoms with Crippen molar-refractivity contribution in [1.29, 1.82) is 0 Å². The van der Waals surface area contributed by atoms with Crippen molar-refractivity contribution in [3.8, 4) is 11.5 Å². The Morgan fingerprint density at radius 2 is 1.85 bits per heavy atom. The molecule has 0 aliphatic carbocycles. The van der Waals surface area contributed by atoms with Crippen LogP contribution in [0.3, 0.4) is 0 Å². The standard InChI is InChI=1S/C21H20FNO3S/c1-3-25-18-6-4-5-7-19(18)26-12-15-10-20(27-13-15)21(24)23-16-9-8-14(2)17(22)11-16/h4-11,13H,3,12H2,1-2H3,(H,23,24). The van der Waals surface area contributed by atoms with Crippen LogP contribution in [0, 0.1) is 12.7 Å². The van der Waals surface area contributed by atoms with Gasteiger partial charge in [-0.05, 0) is 55.1 Å². The molecule has 4 nitrogen and oxygen atoms in total. The maximum Gasteiger partial charge on any atom is 0.265 e. The average molecular weight is 385 g/mol. The number of para-hydroxylation sites is 2. The van der Waals surface area contributed by atoms with Crippen LogP contribution in [0.15, 0.2) is 53.9 Å². The van der Waals surface area contributed by atoms with Gasteiger partial charge in [-0.3, -0.25) is 4.79 Å². The molecule has 1 heterocycles. The van der Waals surface area contributed by atoms with Crippen molar-refractivity contribution >= 4 is 22.9 Å². The van der Waals surface area contributed by atoms with Crippen LogP contribution in [0.4, 0.5) is 10.1 Å². The summed E-state index contributed by atoms with van der Waals surface area (Å²) in [7, 11) is 0. The van der Waals surface area contributed by atoms with Gasteiger partial charge in [-0.25, -0.2) is 4.39 Å². The SMILES string of the molecule is CCOc1ccccc1OCc1csc(C(=O)Nc2ccc(C)c(F)c2)c1. The largest absolute Gasteiger partial charge is 0.490 e. The minimum atomic E-state index is -0.346. The maximum atomic E-state index is 13.6. The number of hydrogen-bond acceptors (Lipinski definition) is 4. The first-order valence-electron chi connectivity index (χ1n) is 8.56. The molecule has 1 aromatic heterocycles. The van der Waals surface area contributed by atoms with Crippen molar-refractivity contribution in [1.82, 2.24) is 0 Å². The van der Waals surface area contributed by atoms with E-state index in [1.807, 2.05) is 36.6 Å². The first-order chi connectivity index (χ1) is 13.1. The van der Waals surface area contributed by atoms with E-state index in [-0.39, 0.29) is 11.7 Å². The van der Waals surface area contributed by atoms with Gasteiger partial charge in [0.05, 0.1) is 11.5 Å². The second-order valence-corrected chi connectivity index (χ2v) is 6.82. The predicted molar refractivity (Wildman–Crippen MR) is 105 cm³/mol. The summed E-state index contributed by atoms with van der Waals surface area (Å²) in [5, 5.41) is 4.58. The highest BCUT2D eigenvalue weighted by atomic mass is 32.1. The van der Waals surface area contributed by atoms with Crippen LogP contribution in [0.1, 0.15) is 27.7 Å². The van der Waals surface area contributed by atoms with E-state index in [1.54, 1.807) is 25.1 Å². The number of aryl methyl sites for hydroxylation is 1. The molecule has 140 valence electrons. The molecular formula is C21H20FNO3S. The third-order valence-electron chi connectivity index (χ3n) is 3.85. The number of thiophene rings is 1. The normalized spacial score (nSPS) is 10.5. The van der Waals surface area contributed by atoms with Crippen LogP contribution in [-0.2, 0) is 6.61 Å². The minimum Gasteiger partial charge on any atom is -0.490 e. The maximum absolute atomic E-state index is 13.6. The Morgan fingerprint density at radius 3 is 2.56 bits per heavy atom. The Morgan fingerprint density at radius 1 is 1.11 bits per heavy atom. The average Bonchev–Trinajstić information content (AvgIpc) is 3.13. The molecule has 0 bridgehead atoms. The van der Waals surface area contributed by atoms with Crippen LogP contribution in [0.2, 0.25) is 0 Å². The third kappa shape index (κ3) is 4.86. The molecule has 0 fully saturated rings. The number of benzene rings is 2. The lowest BCUT2D eigenvalue weighted by atomic mass is 10.2. The summed E-state index contributed by atoms with van der Waals surface area (Å²) in [4.78, 5) is 12.9. The summed E-state index contributed by atoms with van der Waals surface area (Å²) in [6.45, 7) is 4.48. The smallest absolute Gasteiger partial charge is 0.265 e. The van der Waals surface area contributed by atoms with Crippen LogP contribution < -0.4 is 14.8 Å². The van der Waals surface area contributed by atoms with Gasteiger partial charge < -0.3 is 14.8 Å². The van der Waals surface area contributed by atoms with Gasteiger partial charge in [0.25, 0.3) is 5.91 Å². The van der Waals surface area contributed by atoms with Crippen LogP contribution >= 0.6 is 11.3 Å². The second kappa shape index (κ2) is 8.68. The molecular weight excluding hydrogens is 365 g/mol. The van der Waals surface area contributed by atoms with Gasteiger partial charge in [0.1, 0.15) is 12.4 Å². The predicted octanol–water partition coefficient (Wildman–Crippen LogP) is 5.43. The fourth-order valence-corrected chi connectivity index (χ4v) is 3.23. The highest BCUT2D eigenvalue weighted by Crippen LogP contribution is 2.28. The molecule has 3 aromatic rings. The van der Waals surface area contributed by atoms with E-state index in [0.717, 1.165) is 5.56 Å². The zero-order chi connectivity index (χ0) is 19.2. The van der Waals surface area contributed by atoms with E-state index in [2.05, 4.69) is 5.32 Å². The molecule has 0 saturated carbocycles. The van der Waals surface area contributed by atoms with Crippen molar-refractivity contribution in [3.63, 3.8) is 0 Å². The van der Waals surface area contributed by atoms with Crippen LogP contribution in [0.25, 0.3) is 0 Å². The quantitative estimate of drug-likeness (QED) is 0.590. The highest BCUT2D eigenvalue weighted by molar-refractivity contribution is 7.12. The lowest BCUT2D eigenvalue weighted by molar-refractivity contribution is 0.103. The fourth-order valence-electron chi connectivity index (χ4n) is 2.44. The highest BCUT2D eigenvalue weighted by Gasteiger charge is 2.12. The molecule has 1 N–H and O–H groups in total. The van der Waals surface area contributed by atoms with E-state index in [0.29, 0.717) is 40.8 Å². The molecule has 27 heavy (non-hydrogen) atoms. The van der Waals surface area contributed by atoms with E-state index in [4.69, 9.17) is 9.47 Å². The van der Waals surface area contributed by atoms with Gasteiger partial charge in [-0.15, -0.1) is 11.3 Å². The molecule has 0 spiro atoms. The van der Waals surface area contributed by atoms with Crippen molar-refractivity contribution in [2.24, 2.45) is 0 Å². The van der Waals surface area contributed by atoms with Crippen LogP contribution in [0.5, 0.6) is 11.5 Å². The number of halogens is 1. The number of anilines is 1. The molecule has 0 saturated heterocycles. The number of nitrogens with one attached hydrogen (secondary N) is 1. The summed E-state index contributed by atoms with van der Waals surface area (Å²) in [5.74, 6) is 0.728. The molecule has 0 aliphatic heterocycles. The number of hydrogen-bond donors (Lipinski definition) is 1. The van der Waals surface area contributed by atoms with Gasteiger partial charge in [-0.1, -0.05) is 18.2 Å². The summed E-state index contributed by atoms with van der Waals surface area (Å²) in [5.41, 5.74) is 1.85. The summed E-state index contributed by atoms with van der Waals surface area (Å²) in [6.07, 6.45) is 0. The zero-order valence-corrected chi connectivity index (χ0v) is 15.9. The van der Waals surface area contributed by atoms with Gasteiger partial charge in [0.2, 0.25) is 0 Å². The fraction of sp³-hybridized carbons (Fsp3) is 0.190. The van der Waals surface area contributed by atoms with Gasteiger partial charge in [0.15, 0.2) is 11.5 Å². The van der Waals surface area contributed by atoms with E-state index >= 15 is 0 Å². The lowest BCUT2D eigenvalue weighted by Crippen LogP contribution is -2.10. The first-order valence-corrected chi connectivity index (χ1v) is 9.44. The Kier molecular flexibility index (Phi) is 6.08. The van der Waals surface area contributed by atoms with Crippen molar-refractivity contribution in [2.75, 3.05) is 11.9 Å². The molecule has 0 atom stereocenters. The Hall–Kier alpha value is -2.86. The molecule has 0 radical (unpaired) electrons. The van der Waals surface area contributed by atoms with E-state index < -0.39 is 0 Å². The first kappa shape index (κ1) is 18.9. The van der Waals surface area contributed by atoms with Gasteiger partial charge >= 0.3 is 0 Å². The van der Waals surface area contributed by atoms with Crippen molar-refractivity contribution in [2.45, 2.75) is 20.5 Å². The molecule has 0 unspecified atom stereocenters. The Bertz CT molecular complexity index is 939. The molecule has 6 heteroatoms. The summed E-state index contributed by atoms with van der Waals surface area (Å²) in [6, 6.07) is 13.9. The molecule has 0 aliphatic rings. The van der Waals surface area contributed by atoms with Crippen LogP contribution in [-0.4, -0.2) is 12.5 Å². The molecule has 2 aromatic carbocycles. The topological polar surface area (TPSA) is 47.6 Å². The number of carbonyl (C=O) groups is 1. The Balaban J connectivity index is 1.62. The number of carbonyl (C=O) groups excluding carboxylic acids is 1. The van der Waals surface area contributed by atoms with Gasteiger partial charge in [0, 0.05) is 11.3 Å². The second-order valence-electron chi connectivity index (χ2n) is 5.91. The van der Waals surface area contributed by atoms with E-state index in [1.165, 1.54) is 17.4 Å². The summed E-state index contributed by atoms with van der Waals surface area (Å²) < 4.78 is 25.0. The Labute approximate surface area is 161 Å². The molecule has 1 amide bonds. The number of ether oxygens (including phenoxy) is 2. The van der Waals surface area contributed by atoms with Gasteiger partial charge in [-0.2, -0.15) is 0 Å². The summed E-state index contributed by atoms with van der Waals surface area (Å²) >= 11 is 1.32. The van der Waals surface area contributed by atoms with Crippen molar-refractivity contribution < 1.29 is 18.7 Å². The zero-order valence-electron chi connectivity index (χ0n) is 15.1. The van der Waals surface area contributed by atoms with Crippen molar-refractivity contribution in [3.05, 3.63) is 75.7 Å². The minimum absolute atomic E-state index is 0.274. The lowest BCUT2D eigenvalue weighted by Gasteiger charge is -2.10.